The molecule has 5 saturated heterocycles. The zero-order chi connectivity index (χ0) is 25.5. The van der Waals surface area contributed by atoms with Crippen molar-refractivity contribution in [3.05, 3.63) is 71.8 Å². The van der Waals surface area contributed by atoms with Crippen LogP contribution in [0.2, 0.25) is 0 Å². The summed E-state index contributed by atoms with van der Waals surface area (Å²) >= 11 is 0. The zero-order valence-corrected chi connectivity index (χ0v) is 21.6. The van der Waals surface area contributed by atoms with Gasteiger partial charge in [-0.1, -0.05) is 60.7 Å². The predicted molar refractivity (Wildman–Crippen MR) is 135 cm³/mol. The van der Waals surface area contributed by atoms with Crippen LogP contribution in [0, 0.1) is 17.3 Å². The summed E-state index contributed by atoms with van der Waals surface area (Å²) in [5, 5.41) is 0. The van der Waals surface area contributed by atoms with E-state index in [1.807, 2.05) is 36.4 Å². The third-order valence-corrected chi connectivity index (χ3v) is 10.1. The monoisotopic (exact) mass is 518 g/mol. The maximum Gasteiger partial charge on any atom is 0.302 e. The molecule has 6 aliphatic rings. The van der Waals surface area contributed by atoms with Crippen LogP contribution in [0.15, 0.2) is 60.7 Å². The second kappa shape index (κ2) is 8.60. The van der Waals surface area contributed by atoms with Crippen LogP contribution in [0.5, 0.6) is 0 Å². The fraction of sp³-hybridized carbons (Fsp3) is 0.581. The highest BCUT2D eigenvalue weighted by Crippen LogP contribution is 2.74. The van der Waals surface area contributed by atoms with E-state index in [9.17, 15) is 4.79 Å². The molecule has 8 rings (SSSR count). The van der Waals surface area contributed by atoms with E-state index in [0.717, 1.165) is 24.8 Å². The SMILES string of the molecule is CC(=O)OC[C@]12C[C@H]3O[C@@]34[C@@H]([C@H]1[C@@H]1C[C@H](OCc3ccccc3)[C@H]2O1)[C@@H]1C[C@H](OCc2ccccc2)[C@H]4O1. The van der Waals surface area contributed by atoms with E-state index in [1.165, 1.54) is 12.5 Å². The number of ether oxygens (including phenoxy) is 6. The number of epoxide rings is 1. The maximum atomic E-state index is 12.0. The molecule has 200 valence electrons. The molecule has 5 heterocycles. The van der Waals surface area contributed by atoms with Gasteiger partial charge in [0.2, 0.25) is 0 Å². The Bertz CT molecular complexity index is 1210. The number of hydrogen-bond acceptors (Lipinski definition) is 7. The van der Waals surface area contributed by atoms with Crippen LogP contribution in [0.4, 0.5) is 0 Å². The van der Waals surface area contributed by atoms with Crippen molar-refractivity contribution >= 4 is 5.97 Å². The summed E-state index contributed by atoms with van der Waals surface area (Å²) in [7, 11) is 0. The van der Waals surface area contributed by atoms with Gasteiger partial charge in [-0.15, -0.1) is 0 Å². The molecule has 0 amide bonds. The number of fused-ring (bicyclic) bond motifs is 9. The lowest BCUT2D eigenvalue weighted by atomic mass is 9.50. The highest BCUT2D eigenvalue weighted by molar-refractivity contribution is 5.66. The number of rotatable bonds is 8. The molecule has 2 aromatic carbocycles. The Balaban J connectivity index is 1.04. The number of benzene rings is 2. The molecular formula is C31H34O7. The summed E-state index contributed by atoms with van der Waals surface area (Å²) in [5.74, 6) is 0.186. The second-order valence-electron chi connectivity index (χ2n) is 12.1. The highest BCUT2D eigenvalue weighted by atomic mass is 16.7. The van der Waals surface area contributed by atoms with Gasteiger partial charge in [0.05, 0.1) is 56.4 Å². The third kappa shape index (κ3) is 3.35. The number of hydrogen-bond donors (Lipinski definition) is 0. The average molecular weight is 519 g/mol. The van der Waals surface area contributed by atoms with Gasteiger partial charge in [0.15, 0.2) is 0 Å². The van der Waals surface area contributed by atoms with Crippen molar-refractivity contribution in [1.82, 2.24) is 0 Å². The molecule has 0 unspecified atom stereocenters. The van der Waals surface area contributed by atoms with E-state index >= 15 is 0 Å². The fourth-order valence-electron chi connectivity index (χ4n) is 8.77. The molecule has 4 bridgehead atoms. The van der Waals surface area contributed by atoms with Crippen LogP contribution in [0.3, 0.4) is 0 Å². The molecule has 2 aromatic rings. The molecule has 1 saturated carbocycles. The summed E-state index contributed by atoms with van der Waals surface area (Å²) in [6.07, 6.45) is 2.53. The first-order chi connectivity index (χ1) is 18.6. The van der Waals surface area contributed by atoms with Gasteiger partial charge in [-0.05, 0) is 17.5 Å². The second-order valence-corrected chi connectivity index (χ2v) is 12.1. The predicted octanol–water partition coefficient (Wildman–Crippen LogP) is 3.82. The topological polar surface area (TPSA) is 75.8 Å². The van der Waals surface area contributed by atoms with Crippen molar-refractivity contribution in [2.75, 3.05) is 6.61 Å². The van der Waals surface area contributed by atoms with Crippen molar-refractivity contribution in [3.63, 3.8) is 0 Å². The lowest BCUT2D eigenvalue weighted by molar-refractivity contribution is -0.155. The molecule has 0 aromatic heterocycles. The first-order valence-corrected chi connectivity index (χ1v) is 14.0. The average Bonchev–Trinajstić information content (AvgIpc) is 3.30. The van der Waals surface area contributed by atoms with Crippen molar-refractivity contribution in [1.29, 1.82) is 0 Å². The van der Waals surface area contributed by atoms with Gasteiger partial charge in [0, 0.05) is 37.0 Å². The molecule has 1 aliphatic carbocycles. The minimum absolute atomic E-state index is 0.0280. The first-order valence-electron chi connectivity index (χ1n) is 14.0. The van der Waals surface area contributed by atoms with E-state index in [2.05, 4.69) is 24.3 Å². The van der Waals surface area contributed by atoms with Gasteiger partial charge >= 0.3 is 5.97 Å². The van der Waals surface area contributed by atoms with Crippen molar-refractivity contribution in [3.8, 4) is 0 Å². The Morgan fingerprint density at radius 1 is 0.842 bits per heavy atom. The van der Waals surface area contributed by atoms with E-state index in [-0.39, 0.29) is 71.5 Å². The van der Waals surface area contributed by atoms with Gasteiger partial charge in [-0.25, -0.2) is 0 Å². The number of carbonyl (C=O) groups excluding carboxylic acids is 1. The number of carbonyl (C=O) groups is 1. The molecule has 0 radical (unpaired) electrons. The van der Waals surface area contributed by atoms with Gasteiger partial charge in [0.25, 0.3) is 0 Å². The highest BCUT2D eigenvalue weighted by Gasteiger charge is 2.86. The third-order valence-electron chi connectivity index (χ3n) is 10.1. The minimum Gasteiger partial charge on any atom is -0.465 e. The molecule has 5 aliphatic heterocycles. The molecule has 38 heavy (non-hydrogen) atoms. The largest absolute Gasteiger partial charge is 0.465 e. The molecular weight excluding hydrogens is 484 g/mol. The summed E-state index contributed by atoms with van der Waals surface area (Å²) in [6, 6.07) is 20.5. The van der Waals surface area contributed by atoms with Crippen LogP contribution in [-0.4, -0.2) is 60.9 Å². The Morgan fingerprint density at radius 2 is 1.42 bits per heavy atom. The lowest BCUT2D eigenvalue weighted by Gasteiger charge is -2.51. The van der Waals surface area contributed by atoms with Crippen LogP contribution < -0.4 is 0 Å². The maximum absolute atomic E-state index is 12.0. The standard InChI is InChI=1S/C31H34O7/c1-18(32)35-17-30-14-25-31(38-25)27(22-13-24(29(31)37-22)34-16-20-10-6-3-7-11-20)26(30)21-12-23(28(30)36-21)33-15-19-8-4-2-5-9-19/h2-11,21-29H,12-17H2,1H3/t21-,22-,23-,24-,25+,26+,27+,28+,29+,30+,31+/m0/s1. The Hall–Kier alpha value is -2.29. The summed E-state index contributed by atoms with van der Waals surface area (Å²) in [6.45, 7) is 2.96. The van der Waals surface area contributed by atoms with Crippen LogP contribution in [0.1, 0.15) is 37.3 Å². The Morgan fingerprint density at radius 3 is 2.05 bits per heavy atom. The summed E-state index contributed by atoms with van der Waals surface area (Å²) < 4.78 is 38.6. The first kappa shape index (κ1) is 23.6. The fourth-order valence-corrected chi connectivity index (χ4v) is 8.77. The summed E-state index contributed by atoms with van der Waals surface area (Å²) in [4.78, 5) is 12.0. The van der Waals surface area contributed by atoms with Gasteiger partial charge in [-0.3, -0.25) is 4.79 Å². The van der Waals surface area contributed by atoms with Crippen molar-refractivity contribution in [2.45, 2.75) is 87.7 Å². The van der Waals surface area contributed by atoms with E-state index in [4.69, 9.17) is 28.4 Å². The molecule has 0 N–H and O–H groups in total. The molecule has 6 fully saturated rings. The minimum atomic E-state index is -0.320. The smallest absolute Gasteiger partial charge is 0.302 e. The van der Waals surface area contributed by atoms with E-state index in [1.54, 1.807) is 0 Å². The van der Waals surface area contributed by atoms with Gasteiger partial charge in [-0.2, -0.15) is 0 Å². The van der Waals surface area contributed by atoms with Gasteiger partial charge in [0.1, 0.15) is 11.7 Å². The summed E-state index contributed by atoms with van der Waals surface area (Å²) in [5.41, 5.74) is 1.70. The lowest BCUT2D eigenvalue weighted by Crippen LogP contribution is -2.62. The van der Waals surface area contributed by atoms with Crippen LogP contribution in [-0.2, 0) is 46.4 Å². The van der Waals surface area contributed by atoms with E-state index in [0.29, 0.717) is 19.8 Å². The zero-order valence-electron chi connectivity index (χ0n) is 21.6. The van der Waals surface area contributed by atoms with Crippen molar-refractivity contribution < 1.29 is 33.2 Å². The number of esters is 1. The molecule has 1 spiro atoms. The quantitative estimate of drug-likeness (QED) is 0.389. The molecule has 7 heteroatoms. The van der Waals surface area contributed by atoms with Crippen molar-refractivity contribution in [2.24, 2.45) is 17.3 Å². The molecule has 11 atom stereocenters. The van der Waals surface area contributed by atoms with Crippen LogP contribution in [0.25, 0.3) is 0 Å². The Kier molecular flexibility index (Phi) is 5.34. The van der Waals surface area contributed by atoms with Crippen LogP contribution >= 0.6 is 0 Å². The normalized spacial score (nSPS) is 44.9. The van der Waals surface area contributed by atoms with E-state index < -0.39 is 0 Å². The Labute approximate surface area is 222 Å². The van der Waals surface area contributed by atoms with Gasteiger partial charge < -0.3 is 28.4 Å². The molecule has 7 nitrogen and oxygen atoms in total.